The SMILES string of the molecule is CCNC(=O)COc1cccc(NC(=O)CCCCc2nc3ccccc3s2)c1. The van der Waals surface area contributed by atoms with E-state index in [2.05, 4.69) is 21.7 Å². The van der Waals surface area contributed by atoms with Gasteiger partial charge in [0.1, 0.15) is 5.75 Å². The first-order valence-electron chi connectivity index (χ1n) is 9.78. The van der Waals surface area contributed by atoms with E-state index in [4.69, 9.17) is 4.74 Å². The third kappa shape index (κ3) is 6.57. The second kappa shape index (κ2) is 10.6. The van der Waals surface area contributed by atoms with E-state index in [1.54, 1.807) is 35.6 Å². The number of carbonyl (C=O) groups excluding carboxylic acids is 2. The van der Waals surface area contributed by atoms with Gasteiger partial charge in [0, 0.05) is 24.7 Å². The van der Waals surface area contributed by atoms with Crippen molar-refractivity contribution in [1.29, 1.82) is 0 Å². The molecule has 0 saturated carbocycles. The molecule has 152 valence electrons. The van der Waals surface area contributed by atoms with Crippen molar-refractivity contribution in [3.8, 4) is 5.75 Å². The van der Waals surface area contributed by atoms with Crippen LogP contribution in [0.15, 0.2) is 48.5 Å². The molecule has 2 amide bonds. The number of amides is 2. The number of likely N-dealkylation sites (N-methyl/N-ethyl adjacent to an activating group) is 1. The summed E-state index contributed by atoms with van der Waals surface area (Å²) in [5.41, 5.74) is 1.70. The van der Waals surface area contributed by atoms with Crippen LogP contribution in [0.4, 0.5) is 5.69 Å². The largest absolute Gasteiger partial charge is 0.484 e. The zero-order valence-electron chi connectivity index (χ0n) is 16.4. The van der Waals surface area contributed by atoms with Crippen molar-refractivity contribution in [3.05, 3.63) is 53.5 Å². The summed E-state index contributed by atoms with van der Waals surface area (Å²) in [6, 6.07) is 15.2. The molecular formula is C22H25N3O3S. The minimum absolute atomic E-state index is 0.0322. The van der Waals surface area contributed by atoms with Crippen molar-refractivity contribution in [2.24, 2.45) is 0 Å². The van der Waals surface area contributed by atoms with Gasteiger partial charge in [-0.3, -0.25) is 9.59 Å². The normalized spacial score (nSPS) is 10.7. The Hall–Kier alpha value is -2.93. The van der Waals surface area contributed by atoms with Gasteiger partial charge >= 0.3 is 0 Å². The maximum atomic E-state index is 12.2. The Bertz CT molecular complexity index is 938. The summed E-state index contributed by atoms with van der Waals surface area (Å²) < 4.78 is 6.65. The molecule has 0 spiro atoms. The van der Waals surface area contributed by atoms with Gasteiger partial charge in [0.15, 0.2) is 6.61 Å². The average Bonchev–Trinajstić information content (AvgIpc) is 3.13. The van der Waals surface area contributed by atoms with Crippen LogP contribution in [-0.4, -0.2) is 29.9 Å². The molecule has 0 atom stereocenters. The molecule has 1 heterocycles. The molecule has 0 aliphatic heterocycles. The zero-order valence-corrected chi connectivity index (χ0v) is 17.3. The van der Waals surface area contributed by atoms with Crippen LogP contribution in [-0.2, 0) is 16.0 Å². The van der Waals surface area contributed by atoms with Gasteiger partial charge in [0.2, 0.25) is 5.91 Å². The molecular weight excluding hydrogens is 386 g/mol. The number of hydrogen-bond acceptors (Lipinski definition) is 5. The highest BCUT2D eigenvalue weighted by Gasteiger charge is 2.07. The Morgan fingerprint density at radius 2 is 1.93 bits per heavy atom. The predicted molar refractivity (Wildman–Crippen MR) is 116 cm³/mol. The Morgan fingerprint density at radius 1 is 1.07 bits per heavy atom. The van der Waals surface area contributed by atoms with Crippen molar-refractivity contribution in [2.75, 3.05) is 18.5 Å². The topological polar surface area (TPSA) is 80.3 Å². The molecule has 7 heteroatoms. The third-order valence-electron chi connectivity index (χ3n) is 4.24. The number of unbranched alkanes of at least 4 members (excludes halogenated alkanes) is 1. The van der Waals surface area contributed by atoms with Crippen LogP contribution in [0.5, 0.6) is 5.75 Å². The number of aromatic nitrogens is 1. The molecule has 0 unspecified atom stereocenters. The molecule has 29 heavy (non-hydrogen) atoms. The van der Waals surface area contributed by atoms with Crippen LogP contribution in [0.3, 0.4) is 0 Å². The number of benzene rings is 2. The molecule has 0 radical (unpaired) electrons. The second-order valence-corrected chi connectivity index (χ2v) is 7.72. The Balaban J connectivity index is 1.39. The van der Waals surface area contributed by atoms with Crippen LogP contribution in [0.25, 0.3) is 10.2 Å². The summed E-state index contributed by atoms with van der Waals surface area (Å²) in [7, 11) is 0. The predicted octanol–water partition coefficient (Wildman–Crippen LogP) is 4.16. The van der Waals surface area contributed by atoms with Crippen molar-refractivity contribution < 1.29 is 14.3 Å². The number of anilines is 1. The Labute approximate surface area is 174 Å². The summed E-state index contributed by atoms with van der Waals surface area (Å²) in [5, 5.41) is 6.67. The Morgan fingerprint density at radius 3 is 2.76 bits per heavy atom. The van der Waals surface area contributed by atoms with Crippen LogP contribution < -0.4 is 15.4 Å². The molecule has 1 aromatic heterocycles. The number of para-hydroxylation sites is 1. The number of carbonyl (C=O) groups is 2. The lowest BCUT2D eigenvalue weighted by Crippen LogP contribution is -2.28. The van der Waals surface area contributed by atoms with E-state index < -0.39 is 0 Å². The first-order valence-corrected chi connectivity index (χ1v) is 10.6. The summed E-state index contributed by atoms with van der Waals surface area (Å²) in [6.45, 7) is 2.38. The summed E-state index contributed by atoms with van der Waals surface area (Å²) in [6.07, 6.45) is 3.06. The van der Waals surface area contributed by atoms with E-state index in [1.807, 2.05) is 25.1 Å². The number of fused-ring (bicyclic) bond motifs is 1. The third-order valence-corrected chi connectivity index (χ3v) is 5.34. The lowest BCUT2D eigenvalue weighted by atomic mass is 10.2. The summed E-state index contributed by atoms with van der Waals surface area (Å²) >= 11 is 1.72. The fourth-order valence-corrected chi connectivity index (χ4v) is 3.88. The molecule has 3 aromatic rings. The number of rotatable bonds is 10. The molecule has 3 rings (SSSR count). The fourth-order valence-electron chi connectivity index (χ4n) is 2.87. The van der Waals surface area contributed by atoms with Crippen molar-refractivity contribution >= 4 is 39.1 Å². The van der Waals surface area contributed by atoms with Gasteiger partial charge in [0.05, 0.1) is 15.2 Å². The van der Waals surface area contributed by atoms with Crippen molar-refractivity contribution in [1.82, 2.24) is 10.3 Å². The molecule has 0 aliphatic rings. The zero-order chi connectivity index (χ0) is 20.5. The lowest BCUT2D eigenvalue weighted by Gasteiger charge is -2.09. The fraction of sp³-hybridized carbons (Fsp3) is 0.318. The van der Waals surface area contributed by atoms with Crippen LogP contribution in [0.2, 0.25) is 0 Å². The number of ether oxygens (including phenoxy) is 1. The van der Waals surface area contributed by atoms with E-state index in [-0.39, 0.29) is 18.4 Å². The summed E-state index contributed by atoms with van der Waals surface area (Å²) in [5.74, 6) is 0.343. The second-order valence-electron chi connectivity index (χ2n) is 6.60. The van der Waals surface area contributed by atoms with Gasteiger partial charge in [-0.25, -0.2) is 4.98 Å². The smallest absolute Gasteiger partial charge is 0.257 e. The lowest BCUT2D eigenvalue weighted by molar-refractivity contribution is -0.123. The maximum absolute atomic E-state index is 12.2. The quantitative estimate of drug-likeness (QED) is 0.491. The highest BCUT2D eigenvalue weighted by Crippen LogP contribution is 2.23. The molecule has 2 aromatic carbocycles. The van der Waals surface area contributed by atoms with Crippen LogP contribution in [0.1, 0.15) is 31.2 Å². The Kier molecular flexibility index (Phi) is 7.58. The molecule has 0 fully saturated rings. The summed E-state index contributed by atoms with van der Waals surface area (Å²) in [4.78, 5) is 28.3. The minimum atomic E-state index is -0.171. The van der Waals surface area contributed by atoms with Gasteiger partial charge in [-0.1, -0.05) is 18.2 Å². The molecule has 0 bridgehead atoms. The van der Waals surface area contributed by atoms with E-state index in [0.29, 0.717) is 24.4 Å². The number of hydrogen-bond donors (Lipinski definition) is 2. The molecule has 2 N–H and O–H groups in total. The number of nitrogens with one attached hydrogen (secondary N) is 2. The number of thiazole rings is 1. The van der Waals surface area contributed by atoms with Gasteiger partial charge in [0.25, 0.3) is 5.91 Å². The first-order chi connectivity index (χ1) is 14.1. The monoisotopic (exact) mass is 411 g/mol. The molecule has 0 aliphatic carbocycles. The van der Waals surface area contributed by atoms with E-state index >= 15 is 0 Å². The van der Waals surface area contributed by atoms with Crippen molar-refractivity contribution in [3.63, 3.8) is 0 Å². The van der Waals surface area contributed by atoms with E-state index in [9.17, 15) is 9.59 Å². The van der Waals surface area contributed by atoms with Gasteiger partial charge in [-0.2, -0.15) is 0 Å². The van der Waals surface area contributed by atoms with Gasteiger partial charge in [-0.05, 0) is 50.5 Å². The van der Waals surface area contributed by atoms with Crippen molar-refractivity contribution in [2.45, 2.75) is 32.6 Å². The minimum Gasteiger partial charge on any atom is -0.484 e. The van der Waals surface area contributed by atoms with Gasteiger partial charge in [-0.15, -0.1) is 11.3 Å². The van der Waals surface area contributed by atoms with E-state index in [0.717, 1.165) is 29.8 Å². The first kappa shape index (κ1) is 20.8. The standard InChI is InChI=1S/C22H25N3O3S/c1-2-23-21(27)15-28-17-9-7-8-16(14-17)24-20(26)12-5-6-13-22-25-18-10-3-4-11-19(18)29-22/h3-4,7-11,14H,2,5-6,12-13,15H2,1H3,(H,23,27)(H,24,26). The van der Waals surface area contributed by atoms with Crippen LogP contribution >= 0.6 is 11.3 Å². The highest BCUT2D eigenvalue weighted by atomic mass is 32.1. The molecule has 0 saturated heterocycles. The molecule has 6 nitrogen and oxygen atoms in total. The average molecular weight is 412 g/mol. The van der Waals surface area contributed by atoms with Crippen LogP contribution in [0, 0.1) is 0 Å². The van der Waals surface area contributed by atoms with Gasteiger partial charge < -0.3 is 15.4 Å². The number of aryl methyl sites for hydroxylation is 1. The highest BCUT2D eigenvalue weighted by molar-refractivity contribution is 7.18. The maximum Gasteiger partial charge on any atom is 0.257 e. The number of nitrogens with zero attached hydrogens (tertiary/aromatic N) is 1. The van der Waals surface area contributed by atoms with E-state index in [1.165, 1.54) is 4.70 Å².